The maximum atomic E-state index is 10.5. The first-order valence-electron chi connectivity index (χ1n) is 7.29. The van der Waals surface area contributed by atoms with Crippen LogP contribution in [0.2, 0.25) is 0 Å². The summed E-state index contributed by atoms with van der Waals surface area (Å²) in [6.07, 6.45) is 7.20. The fourth-order valence-electron chi connectivity index (χ4n) is 2.45. The van der Waals surface area contributed by atoms with Crippen molar-refractivity contribution in [2.75, 3.05) is 26.2 Å². The summed E-state index contributed by atoms with van der Waals surface area (Å²) in [5.41, 5.74) is 0.693. The Morgan fingerprint density at radius 2 is 1.79 bits per heavy atom. The lowest BCUT2D eigenvalue weighted by molar-refractivity contribution is 0.112. The van der Waals surface area contributed by atoms with Crippen molar-refractivity contribution in [1.29, 1.82) is 0 Å². The van der Waals surface area contributed by atoms with Gasteiger partial charge in [-0.25, -0.2) is 0 Å². The fraction of sp³-hybridized carbons (Fsp3) is 0.562. The third-order valence-corrected chi connectivity index (χ3v) is 3.60. The van der Waals surface area contributed by atoms with Crippen molar-refractivity contribution in [3.05, 3.63) is 29.8 Å². The van der Waals surface area contributed by atoms with Gasteiger partial charge in [-0.15, -0.1) is 0 Å². The molecule has 1 aromatic rings. The van der Waals surface area contributed by atoms with Crippen LogP contribution in [-0.4, -0.2) is 37.4 Å². The standard InChI is InChI=1S/C16H23NO2/c18-14-15-6-8-16(9-7-15)19-13-5-1-2-10-17-11-3-4-12-17/h6-9,14H,1-5,10-13H2. The van der Waals surface area contributed by atoms with Gasteiger partial charge in [0.15, 0.2) is 0 Å². The molecule has 0 bridgehead atoms. The smallest absolute Gasteiger partial charge is 0.150 e. The summed E-state index contributed by atoms with van der Waals surface area (Å²) in [4.78, 5) is 13.1. The van der Waals surface area contributed by atoms with Crippen LogP contribution in [0.15, 0.2) is 24.3 Å². The van der Waals surface area contributed by atoms with E-state index < -0.39 is 0 Å². The first kappa shape index (κ1) is 14.1. The lowest BCUT2D eigenvalue weighted by Gasteiger charge is -2.13. The number of carbonyl (C=O) groups excluding carboxylic acids is 1. The van der Waals surface area contributed by atoms with E-state index in [0.717, 1.165) is 25.1 Å². The van der Waals surface area contributed by atoms with Crippen molar-refractivity contribution >= 4 is 6.29 Å². The minimum atomic E-state index is 0.693. The van der Waals surface area contributed by atoms with Crippen LogP contribution in [0.3, 0.4) is 0 Å². The molecule has 0 amide bonds. The summed E-state index contributed by atoms with van der Waals surface area (Å²) in [6, 6.07) is 7.29. The number of ether oxygens (including phenoxy) is 1. The number of nitrogens with zero attached hydrogens (tertiary/aromatic N) is 1. The van der Waals surface area contributed by atoms with Gasteiger partial charge in [0.1, 0.15) is 12.0 Å². The number of rotatable bonds is 8. The molecule has 0 aromatic heterocycles. The van der Waals surface area contributed by atoms with Crippen LogP contribution in [0.25, 0.3) is 0 Å². The Balaban J connectivity index is 1.52. The van der Waals surface area contributed by atoms with E-state index in [-0.39, 0.29) is 0 Å². The summed E-state index contributed by atoms with van der Waals surface area (Å²) < 4.78 is 5.65. The number of aldehydes is 1. The Bertz CT molecular complexity index is 369. The molecule has 3 heteroatoms. The zero-order chi connectivity index (χ0) is 13.3. The molecule has 1 fully saturated rings. The second-order valence-electron chi connectivity index (χ2n) is 5.14. The van der Waals surface area contributed by atoms with E-state index in [4.69, 9.17) is 4.74 Å². The van der Waals surface area contributed by atoms with Crippen LogP contribution >= 0.6 is 0 Å². The largest absolute Gasteiger partial charge is 0.494 e. The Hall–Kier alpha value is -1.35. The number of benzene rings is 1. The van der Waals surface area contributed by atoms with Crippen molar-refractivity contribution in [3.8, 4) is 5.75 Å². The van der Waals surface area contributed by atoms with E-state index in [9.17, 15) is 4.79 Å². The van der Waals surface area contributed by atoms with Crippen molar-refractivity contribution in [1.82, 2.24) is 4.90 Å². The third kappa shape index (κ3) is 5.03. The predicted octanol–water partition coefficient (Wildman–Crippen LogP) is 3.14. The van der Waals surface area contributed by atoms with Crippen molar-refractivity contribution < 1.29 is 9.53 Å². The molecule has 1 aliphatic rings. The van der Waals surface area contributed by atoms with Crippen molar-refractivity contribution in [3.63, 3.8) is 0 Å². The molecule has 0 spiro atoms. The molecule has 19 heavy (non-hydrogen) atoms. The molecule has 0 N–H and O–H groups in total. The molecule has 1 saturated heterocycles. The van der Waals surface area contributed by atoms with E-state index in [2.05, 4.69) is 4.90 Å². The van der Waals surface area contributed by atoms with Crippen LogP contribution in [-0.2, 0) is 0 Å². The molecule has 0 saturated carbocycles. The van der Waals surface area contributed by atoms with Gasteiger partial charge in [0.05, 0.1) is 6.61 Å². The zero-order valence-corrected chi connectivity index (χ0v) is 11.5. The second-order valence-corrected chi connectivity index (χ2v) is 5.14. The molecular weight excluding hydrogens is 238 g/mol. The molecule has 1 aliphatic heterocycles. The molecular formula is C16H23NO2. The van der Waals surface area contributed by atoms with Gasteiger partial charge in [0, 0.05) is 5.56 Å². The van der Waals surface area contributed by atoms with Crippen LogP contribution in [0.4, 0.5) is 0 Å². The van der Waals surface area contributed by atoms with E-state index in [0.29, 0.717) is 5.56 Å². The minimum absolute atomic E-state index is 0.693. The quantitative estimate of drug-likeness (QED) is 0.532. The van der Waals surface area contributed by atoms with Gasteiger partial charge in [-0.3, -0.25) is 4.79 Å². The van der Waals surface area contributed by atoms with E-state index >= 15 is 0 Å². The fourth-order valence-corrected chi connectivity index (χ4v) is 2.45. The van der Waals surface area contributed by atoms with Gasteiger partial charge in [-0.2, -0.15) is 0 Å². The van der Waals surface area contributed by atoms with Gasteiger partial charge >= 0.3 is 0 Å². The Morgan fingerprint density at radius 1 is 1.05 bits per heavy atom. The number of likely N-dealkylation sites (tertiary alicyclic amines) is 1. The summed E-state index contributed by atoms with van der Waals surface area (Å²) in [5, 5.41) is 0. The van der Waals surface area contributed by atoms with Gasteiger partial charge in [-0.05, 0) is 76.0 Å². The van der Waals surface area contributed by atoms with Crippen LogP contribution in [0.5, 0.6) is 5.75 Å². The molecule has 0 radical (unpaired) electrons. The highest BCUT2D eigenvalue weighted by atomic mass is 16.5. The minimum Gasteiger partial charge on any atom is -0.494 e. The lowest BCUT2D eigenvalue weighted by atomic mass is 10.2. The Morgan fingerprint density at radius 3 is 2.47 bits per heavy atom. The number of hydrogen-bond donors (Lipinski definition) is 0. The van der Waals surface area contributed by atoms with Gasteiger partial charge < -0.3 is 9.64 Å². The highest BCUT2D eigenvalue weighted by Gasteiger charge is 2.09. The number of unbranched alkanes of at least 4 members (excludes halogenated alkanes) is 2. The van der Waals surface area contributed by atoms with Crippen molar-refractivity contribution in [2.24, 2.45) is 0 Å². The summed E-state index contributed by atoms with van der Waals surface area (Å²) in [6.45, 7) is 4.59. The Kier molecular flexibility index (Phi) is 5.89. The number of hydrogen-bond acceptors (Lipinski definition) is 3. The molecule has 0 unspecified atom stereocenters. The van der Waals surface area contributed by atoms with Crippen LogP contribution in [0, 0.1) is 0 Å². The summed E-state index contributed by atoms with van der Waals surface area (Å²) in [7, 11) is 0. The maximum absolute atomic E-state index is 10.5. The average Bonchev–Trinajstić information content (AvgIpc) is 2.96. The first-order chi connectivity index (χ1) is 9.38. The van der Waals surface area contributed by atoms with E-state index in [1.165, 1.54) is 45.3 Å². The van der Waals surface area contributed by atoms with Crippen LogP contribution < -0.4 is 4.74 Å². The average molecular weight is 261 g/mol. The highest BCUT2D eigenvalue weighted by molar-refractivity contribution is 5.74. The molecule has 0 aliphatic carbocycles. The van der Waals surface area contributed by atoms with Gasteiger partial charge in [0.25, 0.3) is 0 Å². The Labute approximate surface area is 115 Å². The normalized spacial score (nSPS) is 15.6. The molecule has 0 atom stereocenters. The third-order valence-electron chi connectivity index (χ3n) is 3.60. The highest BCUT2D eigenvalue weighted by Crippen LogP contribution is 2.12. The van der Waals surface area contributed by atoms with E-state index in [1.807, 2.05) is 12.1 Å². The molecule has 2 rings (SSSR count). The number of carbonyl (C=O) groups is 1. The monoisotopic (exact) mass is 261 g/mol. The maximum Gasteiger partial charge on any atom is 0.150 e. The molecule has 104 valence electrons. The lowest BCUT2D eigenvalue weighted by Crippen LogP contribution is -2.20. The first-order valence-corrected chi connectivity index (χ1v) is 7.29. The van der Waals surface area contributed by atoms with Crippen molar-refractivity contribution in [2.45, 2.75) is 32.1 Å². The topological polar surface area (TPSA) is 29.5 Å². The summed E-state index contributed by atoms with van der Waals surface area (Å²) in [5.74, 6) is 0.852. The second kappa shape index (κ2) is 7.95. The van der Waals surface area contributed by atoms with Gasteiger partial charge in [0.2, 0.25) is 0 Å². The predicted molar refractivity (Wildman–Crippen MR) is 76.8 cm³/mol. The molecule has 1 aromatic carbocycles. The SMILES string of the molecule is O=Cc1ccc(OCCCCCN2CCCC2)cc1. The van der Waals surface area contributed by atoms with Gasteiger partial charge in [-0.1, -0.05) is 0 Å². The summed E-state index contributed by atoms with van der Waals surface area (Å²) >= 11 is 0. The van der Waals surface area contributed by atoms with Crippen LogP contribution in [0.1, 0.15) is 42.5 Å². The van der Waals surface area contributed by atoms with E-state index in [1.54, 1.807) is 12.1 Å². The molecule has 1 heterocycles. The zero-order valence-electron chi connectivity index (χ0n) is 11.5. The molecule has 3 nitrogen and oxygen atoms in total.